The molecular formula is C14H23F2N3OS. The number of carbonyl (C=O) groups is 1. The van der Waals surface area contributed by atoms with Crippen molar-refractivity contribution in [3.8, 4) is 0 Å². The molecule has 2 aliphatic rings. The Kier molecular flexibility index (Phi) is 4.82. The van der Waals surface area contributed by atoms with Gasteiger partial charge in [-0.05, 0) is 32.7 Å². The number of thiocarbonyl (C=S) groups is 1. The van der Waals surface area contributed by atoms with Gasteiger partial charge in [0, 0.05) is 31.8 Å². The van der Waals surface area contributed by atoms with Gasteiger partial charge < -0.3 is 16.0 Å². The third-order valence-corrected chi connectivity index (χ3v) is 5.15. The second kappa shape index (κ2) is 6.12. The van der Waals surface area contributed by atoms with E-state index in [9.17, 15) is 13.6 Å². The molecule has 1 saturated carbocycles. The van der Waals surface area contributed by atoms with Crippen LogP contribution in [0.25, 0.3) is 0 Å². The van der Waals surface area contributed by atoms with Crippen LogP contribution < -0.4 is 11.1 Å². The number of hydrogen-bond donors (Lipinski definition) is 2. The van der Waals surface area contributed by atoms with Crippen molar-refractivity contribution in [3.63, 3.8) is 0 Å². The number of amides is 1. The molecule has 0 aromatic rings. The third kappa shape index (κ3) is 3.88. The van der Waals surface area contributed by atoms with Crippen LogP contribution in [0.5, 0.6) is 0 Å². The quantitative estimate of drug-likeness (QED) is 0.777. The first-order valence-corrected chi connectivity index (χ1v) is 7.83. The molecule has 0 atom stereocenters. The zero-order chi connectivity index (χ0) is 15.7. The fourth-order valence-corrected chi connectivity index (χ4v) is 3.33. The first-order chi connectivity index (χ1) is 9.74. The van der Waals surface area contributed by atoms with Crippen molar-refractivity contribution < 1.29 is 13.6 Å². The molecule has 1 heterocycles. The fraction of sp³-hybridized carbons (Fsp3) is 0.857. The van der Waals surface area contributed by atoms with Crippen LogP contribution >= 0.6 is 12.2 Å². The number of nitrogens with zero attached hydrogens (tertiary/aromatic N) is 1. The summed E-state index contributed by atoms with van der Waals surface area (Å²) in [5, 5.41) is 2.97. The number of nitrogens with two attached hydrogens (primary N) is 1. The number of hydrogen-bond acceptors (Lipinski definition) is 3. The van der Waals surface area contributed by atoms with Crippen LogP contribution in [0.1, 0.15) is 38.5 Å². The number of likely N-dealkylation sites (tertiary alicyclic amines) is 1. The number of nitrogens with one attached hydrogen (secondary N) is 1. The largest absolute Gasteiger partial charge is 0.391 e. The molecule has 1 aliphatic carbocycles. The Balaban J connectivity index is 1.98. The second-order valence-corrected chi connectivity index (χ2v) is 6.81. The highest BCUT2D eigenvalue weighted by Crippen LogP contribution is 2.36. The molecular weight excluding hydrogens is 296 g/mol. The molecule has 0 aromatic carbocycles. The van der Waals surface area contributed by atoms with Crippen LogP contribution in [0.2, 0.25) is 0 Å². The summed E-state index contributed by atoms with van der Waals surface area (Å²) in [7, 11) is 2.01. The monoisotopic (exact) mass is 319 g/mol. The zero-order valence-corrected chi connectivity index (χ0v) is 13.1. The Morgan fingerprint density at radius 3 is 2.24 bits per heavy atom. The lowest BCUT2D eigenvalue weighted by Crippen LogP contribution is -2.62. The van der Waals surface area contributed by atoms with Crippen molar-refractivity contribution in [2.24, 2.45) is 11.7 Å². The Morgan fingerprint density at radius 1 is 1.24 bits per heavy atom. The third-order valence-electron chi connectivity index (χ3n) is 4.76. The van der Waals surface area contributed by atoms with Gasteiger partial charge in [0.1, 0.15) is 0 Å². The van der Waals surface area contributed by atoms with E-state index in [4.69, 9.17) is 18.0 Å². The van der Waals surface area contributed by atoms with Gasteiger partial charge in [0.05, 0.1) is 10.5 Å². The smallest absolute Gasteiger partial charge is 0.248 e. The van der Waals surface area contributed by atoms with Gasteiger partial charge in [-0.2, -0.15) is 0 Å². The van der Waals surface area contributed by atoms with Crippen molar-refractivity contribution in [2.75, 3.05) is 20.1 Å². The molecule has 0 radical (unpaired) electrons. The van der Waals surface area contributed by atoms with E-state index < -0.39 is 11.5 Å². The van der Waals surface area contributed by atoms with Gasteiger partial charge in [0.2, 0.25) is 11.8 Å². The summed E-state index contributed by atoms with van der Waals surface area (Å²) in [4.78, 5) is 14.8. The first kappa shape index (κ1) is 16.5. The van der Waals surface area contributed by atoms with Gasteiger partial charge in [0.15, 0.2) is 0 Å². The lowest BCUT2D eigenvalue weighted by Gasteiger charge is -2.41. The SMILES string of the molecule is CN1CCC(NC(=O)C2CCC(F)(F)CC2)(C(N)=S)CC1. The van der Waals surface area contributed by atoms with Crippen LogP contribution in [-0.4, -0.2) is 47.4 Å². The molecule has 7 heteroatoms. The summed E-state index contributed by atoms with van der Waals surface area (Å²) in [5.41, 5.74) is 5.19. The minimum absolute atomic E-state index is 0.178. The summed E-state index contributed by atoms with van der Waals surface area (Å²) in [5.74, 6) is -3.15. The van der Waals surface area contributed by atoms with E-state index in [-0.39, 0.29) is 37.5 Å². The van der Waals surface area contributed by atoms with Crippen molar-refractivity contribution in [1.29, 1.82) is 0 Å². The summed E-state index contributed by atoms with van der Waals surface area (Å²) >= 11 is 5.15. The highest BCUT2D eigenvalue weighted by Gasteiger charge is 2.42. The molecule has 1 saturated heterocycles. The maximum atomic E-state index is 13.2. The predicted octanol–water partition coefficient (Wildman–Crippen LogP) is 1.68. The Hall–Kier alpha value is -0.820. The normalized spacial score (nSPS) is 26.2. The number of rotatable bonds is 3. The van der Waals surface area contributed by atoms with Crippen LogP contribution in [-0.2, 0) is 4.79 Å². The van der Waals surface area contributed by atoms with E-state index in [2.05, 4.69) is 10.2 Å². The minimum atomic E-state index is -2.62. The average Bonchev–Trinajstić information content (AvgIpc) is 2.41. The van der Waals surface area contributed by atoms with Crippen molar-refractivity contribution in [3.05, 3.63) is 0 Å². The summed E-state index contributed by atoms with van der Waals surface area (Å²) in [6.07, 6.45) is 1.38. The molecule has 1 amide bonds. The average molecular weight is 319 g/mol. The molecule has 0 aromatic heterocycles. The molecule has 4 nitrogen and oxygen atoms in total. The van der Waals surface area contributed by atoms with Gasteiger partial charge >= 0.3 is 0 Å². The number of halogens is 2. The summed E-state index contributed by atoms with van der Waals surface area (Å²) in [6, 6.07) is 0. The van der Waals surface area contributed by atoms with E-state index in [1.54, 1.807) is 0 Å². The van der Waals surface area contributed by atoms with E-state index in [0.717, 1.165) is 13.1 Å². The lowest BCUT2D eigenvalue weighted by molar-refractivity contribution is -0.130. The molecule has 2 rings (SSSR count). The van der Waals surface area contributed by atoms with E-state index in [0.29, 0.717) is 17.8 Å². The molecule has 0 bridgehead atoms. The van der Waals surface area contributed by atoms with Crippen molar-refractivity contribution in [1.82, 2.24) is 10.2 Å². The molecule has 0 spiro atoms. The molecule has 1 aliphatic heterocycles. The van der Waals surface area contributed by atoms with E-state index in [1.807, 2.05) is 7.05 Å². The van der Waals surface area contributed by atoms with Crippen LogP contribution in [0.3, 0.4) is 0 Å². The fourth-order valence-electron chi connectivity index (χ4n) is 3.07. The van der Waals surface area contributed by atoms with Crippen LogP contribution in [0.4, 0.5) is 8.78 Å². The standard InChI is InChI=1S/C14H23F2N3OS/c1-19-8-6-13(7-9-19,12(17)21)18-11(20)10-2-4-14(15,16)5-3-10/h10H,2-9H2,1H3,(H2,17,21)(H,18,20). The molecule has 120 valence electrons. The van der Waals surface area contributed by atoms with Gasteiger partial charge in [-0.25, -0.2) is 8.78 Å². The Labute approximate surface area is 129 Å². The predicted molar refractivity (Wildman–Crippen MR) is 81.3 cm³/mol. The molecule has 3 N–H and O–H groups in total. The number of alkyl halides is 2. The highest BCUT2D eigenvalue weighted by atomic mass is 32.1. The molecule has 21 heavy (non-hydrogen) atoms. The van der Waals surface area contributed by atoms with Crippen molar-refractivity contribution in [2.45, 2.75) is 50.0 Å². The van der Waals surface area contributed by atoms with Gasteiger partial charge in [-0.1, -0.05) is 12.2 Å². The topological polar surface area (TPSA) is 58.4 Å². The van der Waals surface area contributed by atoms with Gasteiger partial charge in [-0.3, -0.25) is 4.79 Å². The molecule has 0 unspecified atom stereocenters. The van der Waals surface area contributed by atoms with E-state index >= 15 is 0 Å². The Bertz CT molecular complexity index is 412. The highest BCUT2D eigenvalue weighted by molar-refractivity contribution is 7.80. The summed E-state index contributed by atoms with van der Waals surface area (Å²) < 4.78 is 26.3. The maximum absolute atomic E-state index is 13.2. The first-order valence-electron chi connectivity index (χ1n) is 7.42. The van der Waals surface area contributed by atoms with Crippen LogP contribution in [0.15, 0.2) is 0 Å². The second-order valence-electron chi connectivity index (χ2n) is 6.37. The minimum Gasteiger partial charge on any atom is -0.391 e. The zero-order valence-electron chi connectivity index (χ0n) is 12.3. The van der Waals surface area contributed by atoms with Gasteiger partial charge in [-0.15, -0.1) is 0 Å². The maximum Gasteiger partial charge on any atom is 0.248 e. The lowest BCUT2D eigenvalue weighted by atomic mass is 9.83. The van der Waals surface area contributed by atoms with Crippen LogP contribution in [0, 0.1) is 5.92 Å². The Morgan fingerprint density at radius 2 is 1.76 bits per heavy atom. The van der Waals surface area contributed by atoms with E-state index in [1.165, 1.54) is 0 Å². The number of piperidine rings is 1. The summed E-state index contributed by atoms with van der Waals surface area (Å²) in [6.45, 7) is 1.61. The van der Waals surface area contributed by atoms with Crippen molar-refractivity contribution >= 4 is 23.1 Å². The van der Waals surface area contributed by atoms with Gasteiger partial charge in [0.25, 0.3) is 0 Å². The number of carbonyl (C=O) groups excluding carboxylic acids is 1. The molecule has 2 fully saturated rings.